The lowest BCUT2D eigenvalue weighted by molar-refractivity contribution is -0.116. The van der Waals surface area contributed by atoms with E-state index in [0.717, 1.165) is 5.56 Å². The van der Waals surface area contributed by atoms with Crippen LogP contribution < -0.4 is 11.1 Å². The second-order valence-electron chi connectivity index (χ2n) is 7.32. The average molecular weight is 411 g/mol. The largest absolute Gasteiger partial charge is 0.399 e. The van der Waals surface area contributed by atoms with Crippen molar-refractivity contribution in [1.82, 2.24) is 0 Å². The number of sulfone groups is 1. The zero-order valence-electron chi connectivity index (χ0n) is 15.9. The van der Waals surface area contributed by atoms with E-state index in [1.807, 2.05) is 24.3 Å². The fraction of sp³-hybridized carbons (Fsp3) is 0.350. The van der Waals surface area contributed by atoms with E-state index in [-0.39, 0.29) is 24.1 Å². The van der Waals surface area contributed by atoms with Crippen molar-refractivity contribution in [1.29, 1.82) is 0 Å². The molecule has 7 heteroatoms. The van der Waals surface area contributed by atoms with Gasteiger partial charge in [-0.3, -0.25) is 4.79 Å². The summed E-state index contributed by atoms with van der Waals surface area (Å²) in [6, 6.07) is 14.4. The van der Waals surface area contributed by atoms with E-state index < -0.39 is 14.6 Å². The van der Waals surface area contributed by atoms with E-state index in [2.05, 4.69) is 5.32 Å². The maximum Gasteiger partial charge on any atom is 0.224 e. The molecule has 0 unspecified atom stereocenters. The number of amides is 1. The van der Waals surface area contributed by atoms with Crippen LogP contribution >= 0.6 is 12.4 Å². The molecule has 148 valence electrons. The van der Waals surface area contributed by atoms with Gasteiger partial charge in [0.2, 0.25) is 5.91 Å². The highest BCUT2D eigenvalue weighted by Crippen LogP contribution is 2.22. The van der Waals surface area contributed by atoms with Gasteiger partial charge in [-0.05, 0) is 56.5 Å². The molecule has 5 nitrogen and oxygen atoms in total. The molecule has 0 fully saturated rings. The molecule has 0 radical (unpaired) electrons. The quantitative estimate of drug-likeness (QED) is 0.705. The molecule has 2 aromatic carbocycles. The van der Waals surface area contributed by atoms with E-state index in [1.54, 1.807) is 45.0 Å². The van der Waals surface area contributed by atoms with E-state index in [0.29, 0.717) is 29.8 Å². The summed E-state index contributed by atoms with van der Waals surface area (Å²) in [5.41, 5.74) is 8.75. The molecule has 0 saturated heterocycles. The molecule has 0 aliphatic heterocycles. The van der Waals surface area contributed by atoms with Gasteiger partial charge in [0.1, 0.15) is 0 Å². The molecular weight excluding hydrogens is 384 g/mol. The summed E-state index contributed by atoms with van der Waals surface area (Å²) in [5.74, 6) is -0.190. The SMILES string of the molecule is CC(C)(C)S(=O)(=O)Cc1cccc(NC(=O)CCc2ccccc2N)c1.Cl. The summed E-state index contributed by atoms with van der Waals surface area (Å²) < 4.78 is 23.9. The maximum absolute atomic E-state index is 12.3. The third-order valence-corrected chi connectivity index (χ3v) is 6.76. The number of nitrogens with one attached hydrogen (secondary N) is 1. The monoisotopic (exact) mass is 410 g/mol. The third kappa shape index (κ3) is 6.56. The average Bonchev–Trinajstić information content (AvgIpc) is 2.53. The van der Waals surface area contributed by atoms with Crippen molar-refractivity contribution < 1.29 is 13.2 Å². The molecule has 27 heavy (non-hydrogen) atoms. The van der Waals surface area contributed by atoms with Crippen LogP contribution in [-0.2, 0) is 26.8 Å². The fourth-order valence-corrected chi connectivity index (χ4v) is 3.46. The topological polar surface area (TPSA) is 89.3 Å². The highest BCUT2D eigenvalue weighted by molar-refractivity contribution is 7.91. The minimum atomic E-state index is -3.27. The van der Waals surface area contributed by atoms with Crippen LogP contribution in [0, 0.1) is 0 Å². The molecule has 0 aromatic heterocycles. The Hall–Kier alpha value is -2.05. The highest BCUT2D eigenvalue weighted by Gasteiger charge is 2.28. The summed E-state index contributed by atoms with van der Waals surface area (Å²) in [7, 11) is -3.27. The first-order valence-electron chi connectivity index (χ1n) is 8.53. The van der Waals surface area contributed by atoms with E-state index in [1.165, 1.54) is 0 Å². The van der Waals surface area contributed by atoms with Gasteiger partial charge in [-0.15, -0.1) is 12.4 Å². The number of nitrogens with two attached hydrogens (primary N) is 1. The van der Waals surface area contributed by atoms with Crippen LogP contribution in [0.1, 0.15) is 38.3 Å². The van der Waals surface area contributed by atoms with Gasteiger partial charge in [0, 0.05) is 17.8 Å². The summed E-state index contributed by atoms with van der Waals surface area (Å²) in [5, 5.41) is 2.82. The molecular formula is C20H27ClN2O3S. The highest BCUT2D eigenvalue weighted by atomic mass is 35.5. The first-order valence-corrected chi connectivity index (χ1v) is 10.2. The van der Waals surface area contributed by atoms with Crippen molar-refractivity contribution in [2.75, 3.05) is 11.1 Å². The summed E-state index contributed by atoms with van der Waals surface area (Å²) in [6.45, 7) is 5.05. The molecule has 2 aromatic rings. The molecule has 0 spiro atoms. The number of benzene rings is 2. The number of carbonyl (C=O) groups excluding carboxylic acids is 1. The number of carbonyl (C=O) groups is 1. The number of aryl methyl sites for hydroxylation is 1. The number of hydrogen-bond donors (Lipinski definition) is 2. The normalized spacial score (nSPS) is 11.5. The second-order valence-corrected chi connectivity index (χ2v) is 10.1. The minimum Gasteiger partial charge on any atom is -0.399 e. The third-order valence-electron chi connectivity index (χ3n) is 4.18. The summed E-state index contributed by atoms with van der Waals surface area (Å²) in [4.78, 5) is 12.2. The molecule has 0 atom stereocenters. The molecule has 3 N–H and O–H groups in total. The van der Waals surface area contributed by atoms with Gasteiger partial charge in [0.05, 0.1) is 10.5 Å². The zero-order chi connectivity index (χ0) is 19.4. The first kappa shape index (κ1) is 23.0. The Labute approximate surface area is 167 Å². The Morgan fingerprint density at radius 2 is 1.74 bits per heavy atom. The van der Waals surface area contributed by atoms with E-state index in [9.17, 15) is 13.2 Å². The lowest BCUT2D eigenvalue weighted by Crippen LogP contribution is -2.29. The van der Waals surface area contributed by atoms with Gasteiger partial charge in [-0.2, -0.15) is 0 Å². The number of nitrogen functional groups attached to an aromatic ring is 1. The van der Waals surface area contributed by atoms with Crippen molar-refractivity contribution in [3.05, 3.63) is 59.7 Å². The molecule has 2 rings (SSSR count). The van der Waals surface area contributed by atoms with Gasteiger partial charge >= 0.3 is 0 Å². The Kier molecular flexibility index (Phi) is 7.87. The van der Waals surface area contributed by atoms with Gasteiger partial charge in [0.15, 0.2) is 9.84 Å². The van der Waals surface area contributed by atoms with Gasteiger partial charge < -0.3 is 11.1 Å². The van der Waals surface area contributed by atoms with E-state index in [4.69, 9.17) is 5.73 Å². The molecule has 0 saturated carbocycles. The van der Waals surface area contributed by atoms with Crippen molar-refractivity contribution in [2.45, 2.75) is 44.1 Å². The van der Waals surface area contributed by atoms with Crippen LogP contribution in [0.4, 0.5) is 11.4 Å². The van der Waals surface area contributed by atoms with Crippen molar-refractivity contribution in [3.63, 3.8) is 0 Å². The van der Waals surface area contributed by atoms with E-state index >= 15 is 0 Å². The zero-order valence-corrected chi connectivity index (χ0v) is 17.5. The Morgan fingerprint density at radius 1 is 1.07 bits per heavy atom. The van der Waals surface area contributed by atoms with Crippen LogP contribution in [0.3, 0.4) is 0 Å². The Balaban J connectivity index is 0.00000364. The molecule has 0 heterocycles. The number of para-hydroxylation sites is 1. The number of halogens is 1. The summed E-state index contributed by atoms with van der Waals surface area (Å²) in [6.07, 6.45) is 0.856. The van der Waals surface area contributed by atoms with Crippen LogP contribution in [0.25, 0.3) is 0 Å². The lowest BCUT2D eigenvalue weighted by Gasteiger charge is -2.19. The standard InChI is InChI=1S/C20H26N2O3S.ClH/c1-20(2,3)26(24,25)14-15-7-6-9-17(13-15)22-19(23)12-11-16-8-4-5-10-18(16)21;/h4-10,13H,11-12,14,21H2,1-3H3,(H,22,23);1H. The molecule has 0 bridgehead atoms. The minimum absolute atomic E-state index is 0. The van der Waals surface area contributed by atoms with Crippen LogP contribution in [0.15, 0.2) is 48.5 Å². The first-order chi connectivity index (χ1) is 12.1. The molecule has 0 aliphatic rings. The smallest absolute Gasteiger partial charge is 0.224 e. The van der Waals surface area contributed by atoms with Crippen LogP contribution in [0.5, 0.6) is 0 Å². The predicted molar refractivity (Wildman–Crippen MR) is 114 cm³/mol. The van der Waals surface area contributed by atoms with Crippen molar-refractivity contribution in [3.8, 4) is 0 Å². The Morgan fingerprint density at radius 3 is 2.37 bits per heavy atom. The van der Waals surface area contributed by atoms with Gasteiger partial charge in [-0.1, -0.05) is 30.3 Å². The van der Waals surface area contributed by atoms with Crippen LogP contribution in [0.2, 0.25) is 0 Å². The number of rotatable bonds is 6. The maximum atomic E-state index is 12.3. The fourth-order valence-electron chi connectivity index (χ4n) is 2.41. The lowest BCUT2D eigenvalue weighted by atomic mass is 10.1. The van der Waals surface area contributed by atoms with Crippen molar-refractivity contribution >= 4 is 39.5 Å². The predicted octanol–water partition coefficient (Wildman–Crippen LogP) is 3.98. The van der Waals surface area contributed by atoms with Crippen molar-refractivity contribution in [2.24, 2.45) is 0 Å². The molecule has 0 aliphatic carbocycles. The van der Waals surface area contributed by atoms with Crippen LogP contribution in [-0.4, -0.2) is 19.1 Å². The van der Waals surface area contributed by atoms with Gasteiger partial charge in [0.25, 0.3) is 0 Å². The number of anilines is 2. The second kappa shape index (κ2) is 9.24. The number of hydrogen-bond acceptors (Lipinski definition) is 4. The Bertz CT molecular complexity index is 890. The molecule has 1 amide bonds. The summed E-state index contributed by atoms with van der Waals surface area (Å²) >= 11 is 0. The van der Waals surface area contributed by atoms with Gasteiger partial charge in [-0.25, -0.2) is 8.42 Å².